The number of nitrogens with zero attached hydrogens (tertiary/aromatic N) is 1. The minimum Gasteiger partial charge on any atom is -0.309 e. The predicted molar refractivity (Wildman–Crippen MR) is 93.1 cm³/mol. The van der Waals surface area contributed by atoms with Gasteiger partial charge in [0.05, 0.1) is 26.2 Å². The number of hydrogen-bond donors (Lipinski definition) is 1. The lowest BCUT2D eigenvalue weighted by atomic mass is 10.2. The molecule has 1 heterocycles. The van der Waals surface area contributed by atoms with E-state index in [1.54, 1.807) is 24.3 Å². The third-order valence-electron chi connectivity index (χ3n) is 3.23. The maximum Gasteiger partial charge on any atom is 0.258 e. The van der Waals surface area contributed by atoms with Crippen LogP contribution in [0.5, 0.6) is 0 Å². The molecule has 3 nitrogen and oxygen atoms in total. The summed E-state index contributed by atoms with van der Waals surface area (Å²) < 4.78 is 0. The second-order valence-corrected chi connectivity index (χ2v) is 6.94. The van der Waals surface area contributed by atoms with Gasteiger partial charge in [0.25, 0.3) is 5.56 Å². The van der Waals surface area contributed by atoms with Gasteiger partial charge in [-0.05, 0) is 31.2 Å². The van der Waals surface area contributed by atoms with Gasteiger partial charge in [0.2, 0.25) is 0 Å². The molecule has 112 valence electrons. The number of halogens is 2. The van der Waals surface area contributed by atoms with Gasteiger partial charge in [-0.2, -0.15) is 0 Å². The van der Waals surface area contributed by atoms with Crippen molar-refractivity contribution in [3.05, 3.63) is 68.7 Å². The molecule has 0 fully saturated rings. The lowest BCUT2D eigenvalue weighted by molar-refractivity contribution is 0.923. The molecule has 22 heavy (non-hydrogen) atoms. The maximum absolute atomic E-state index is 12.1. The average molecular weight is 351 g/mol. The largest absolute Gasteiger partial charge is 0.309 e. The summed E-state index contributed by atoms with van der Waals surface area (Å²) in [5.74, 6) is 0.602. The Kier molecular flexibility index (Phi) is 4.43. The second kappa shape index (κ2) is 6.32. The van der Waals surface area contributed by atoms with Crippen molar-refractivity contribution in [1.29, 1.82) is 0 Å². The lowest BCUT2D eigenvalue weighted by Gasteiger charge is -2.13. The number of H-pyrrole nitrogens is 1. The summed E-state index contributed by atoms with van der Waals surface area (Å²) in [6.45, 7) is 1.96. The van der Waals surface area contributed by atoms with Gasteiger partial charge in [-0.25, -0.2) is 4.98 Å². The van der Waals surface area contributed by atoms with Crippen molar-refractivity contribution in [2.45, 2.75) is 17.1 Å². The maximum atomic E-state index is 12.1. The van der Waals surface area contributed by atoms with E-state index < -0.39 is 0 Å². The number of rotatable bonds is 3. The number of para-hydroxylation sites is 1. The summed E-state index contributed by atoms with van der Waals surface area (Å²) in [7, 11) is 0. The number of nitrogens with one attached hydrogen (secondary N) is 1. The highest BCUT2D eigenvalue weighted by atomic mass is 35.5. The minimum absolute atomic E-state index is 0.0882. The minimum atomic E-state index is -0.140. The molecule has 1 atom stereocenters. The molecular weight excluding hydrogens is 339 g/mol. The summed E-state index contributed by atoms with van der Waals surface area (Å²) >= 11 is 13.9. The molecule has 0 amide bonds. The highest BCUT2D eigenvalue weighted by Crippen LogP contribution is 2.41. The van der Waals surface area contributed by atoms with E-state index in [2.05, 4.69) is 9.97 Å². The Balaban J connectivity index is 1.99. The molecule has 3 rings (SSSR count). The van der Waals surface area contributed by atoms with Gasteiger partial charge in [0.15, 0.2) is 0 Å². The van der Waals surface area contributed by atoms with Crippen molar-refractivity contribution in [3.8, 4) is 0 Å². The molecule has 0 bridgehead atoms. The molecule has 0 radical (unpaired) electrons. The van der Waals surface area contributed by atoms with Gasteiger partial charge in [-0.1, -0.05) is 41.4 Å². The summed E-state index contributed by atoms with van der Waals surface area (Å²) in [4.78, 5) is 20.3. The van der Waals surface area contributed by atoms with Crippen LogP contribution >= 0.6 is 35.0 Å². The molecule has 0 aliphatic heterocycles. The number of aromatic amines is 1. The molecule has 0 saturated carbocycles. The van der Waals surface area contributed by atoms with E-state index >= 15 is 0 Å². The van der Waals surface area contributed by atoms with Crippen LogP contribution in [-0.4, -0.2) is 9.97 Å². The van der Waals surface area contributed by atoms with E-state index in [4.69, 9.17) is 23.2 Å². The first-order valence-electron chi connectivity index (χ1n) is 6.66. The first-order valence-corrected chi connectivity index (χ1v) is 8.29. The monoisotopic (exact) mass is 350 g/mol. The van der Waals surface area contributed by atoms with Crippen molar-refractivity contribution in [2.75, 3.05) is 0 Å². The molecular formula is C16H12Cl2N2OS. The molecule has 0 aliphatic carbocycles. The number of thioether (sulfide) groups is 1. The quantitative estimate of drug-likeness (QED) is 0.669. The number of hydrogen-bond acceptors (Lipinski definition) is 3. The second-order valence-electron chi connectivity index (χ2n) is 4.78. The highest BCUT2D eigenvalue weighted by molar-refractivity contribution is 7.99. The SMILES string of the molecule is CC(Sc1c(Cl)cccc1Cl)c1nc2ccccc2c(=O)[nH]1. The van der Waals surface area contributed by atoms with Crippen molar-refractivity contribution in [2.24, 2.45) is 0 Å². The first kappa shape index (κ1) is 15.4. The van der Waals surface area contributed by atoms with Crippen LogP contribution in [0.25, 0.3) is 10.9 Å². The van der Waals surface area contributed by atoms with Crippen LogP contribution in [0.4, 0.5) is 0 Å². The number of aromatic nitrogens is 2. The van der Waals surface area contributed by atoms with Gasteiger partial charge in [-0.15, -0.1) is 11.8 Å². The van der Waals surface area contributed by atoms with E-state index in [9.17, 15) is 4.79 Å². The van der Waals surface area contributed by atoms with Crippen molar-refractivity contribution < 1.29 is 0 Å². The Morgan fingerprint density at radius 3 is 2.50 bits per heavy atom. The van der Waals surface area contributed by atoms with Gasteiger partial charge >= 0.3 is 0 Å². The summed E-state index contributed by atoms with van der Waals surface area (Å²) in [5.41, 5.74) is 0.539. The van der Waals surface area contributed by atoms with Crippen LogP contribution in [0.1, 0.15) is 18.0 Å². The Bertz CT molecular complexity index is 874. The molecule has 1 unspecified atom stereocenters. The zero-order valence-corrected chi connectivity index (χ0v) is 14.0. The van der Waals surface area contributed by atoms with E-state index in [1.165, 1.54) is 11.8 Å². The summed E-state index contributed by atoms with van der Waals surface area (Å²) in [6.07, 6.45) is 0. The van der Waals surface area contributed by atoms with Crippen LogP contribution in [0, 0.1) is 0 Å². The van der Waals surface area contributed by atoms with Crippen molar-refractivity contribution >= 4 is 45.9 Å². The van der Waals surface area contributed by atoms with Gasteiger partial charge in [-0.3, -0.25) is 4.79 Å². The fourth-order valence-electron chi connectivity index (χ4n) is 2.12. The van der Waals surface area contributed by atoms with Crippen LogP contribution < -0.4 is 5.56 Å². The van der Waals surface area contributed by atoms with Crippen molar-refractivity contribution in [1.82, 2.24) is 9.97 Å². The van der Waals surface area contributed by atoms with Crippen LogP contribution in [0.3, 0.4) is 0 Å². The van der Waals surface area contributed by atoms with E-state index in [0.717, 1.165) is 4.90 Å². The van der Waals surface area contributed by atoms with E-state index in [0.29, 0.717) is 26.8 Å². The van der Waals surface area contributed by atoms with E-state index in [-0.39, 0.29) is 10.8 Å². The third kappa shape index (κ3) is 3.00. The molecule has 1 aromatic heterocycles. The first-order chi connectivity index (χ1) is 10.6. The molecule has 0 aliphatic rings. The average Bonchev–Trinajstić information content (AvgIpc) is 2.51. The van der Waals surface area contributed by atoms with Crippen LogP contribution in [-0.2, 0) is 0 Å². The molecule has 0 saturated heterocycles. The Hall–Kier alpha value is -1.49. The zero-order valence-electron chi connectivity index (χ0n) is 11.6. The fourth-order valence-corrected chi connectivity index (χ4v) is 3.73. The smallest absolute Gasteiger partial charge is 0.258 e. The Morgan fingerprint density at radius 2 is 1.77 bits per heavy atom. The lowest BCUT2D eigenvalue weighted by Crippen LogP contribution is -2.12. The Morgan fingerprint density at radius 1 is 1.09 bits per heavy atom. The van der Waals surface area contributed by atoms with Crippen LogP contribution in [0.2, 0.25) is 10.0 Å². The van der Waals surface area contributed by atoms with Gasteiger partial charge in [0.1, 0.15) is 5.82 Å². The topological polar surface area (TPSA) is 45.8 Å². The summed E-state index contributed by atoms with van der Waals surface area (Å²) in [6, 6.07) is 12.6. The van der Waals surface area contributed by atoms with E-state index in [1.807, 2.05) is 25.1 Å². The molecule has 1 N–H and O–H groups in total. The molecule has 3 aromatic rings. The number of benzene rings is 2. The molecule has 2 aromatic carbocycles. The van der Waals surface area contributed by atoms with Gasteiger partial charge < -0.3 is 4.98 Å². The van der Waals surface area contributed by atoms with Crippen LogP contribution in [0.15, 0.2) is 52.2 Å². The normalized spacial score (nSPS) is 12.5. The molecule has 6 heteroatoms. The molecule has 0 spiro atoms. The van der Waals surface area contributed by atoms with Gasteiger partial charge in [0, 0.05) is 4.90 Å². The summed E-state index contributed by atoms with van der Waals surface area (Å²) in [5, 5.41) is 1.67. The Labute approximate surface area is 141 Å². The highest BCUT2D eigenvalue weighted by Gasteiger charge is 2.15. The number of fused-ring (bicyclic) bond motifs is 1. The standard InChI is InChI=1S/C16H12Cl2N2OS/c1-9(22-14-11(17)6-4-7-12(14)18)15-19-13-8-3-2-5-10(13)16(21)20-15/h2-9H,1H3,(H,19,20,21). The zero-order chi connectivity index (χ0) is 15.7. The fraction of sp³-hybridized carbons (Fsp3) is 0.125. The predicted octanol–water partition coefficient (Wildman–Crippen LogP) is 5.08. The third-order valence-corrected chi connectivity index (χ3v) is 5.34. The van der Waals surface area contributed by atoms with Crippen molar-refractivity contribution in [3.63, 3.8) is 0 Å².